The van der Waals surface area contributed by atoms with E-state index in [9.17, 15) is 0 Å². The molecule has 2 heteroatoms. The summed E-state index contributed by atoms with van der Waals surface area (Å²) in [6.07, 6.45) is 3.47. The molecule has 0 aliphatic carbocycles. The van der Waals surface area contributed by atoms with Crippen molar-refractivity contribution in [1.82, 2.24) is 0 Å². The van der Waals surface area contributed by atoms with Crippen molar-refractivity contribution in [1.29, 1.82) is 0 Å². The first-order valence-electron chi connectivity index (χ1n) is 7.46. The van der Waals surface area contributed by atoms with Crippen LogP contribution in [-0.4, -0.2) is 12.6 Å². The highest BCUT2D eigenvalue weighted by Crippen LogP contribution is 2.38. The van der Waals surface area contributed by atoms with Gasteiger partial charge in [-0.1, -0.05) is 36.4 Å². The molecule has 0 fully saturated rings. The largest absolute Gasteiger partial charge is 0.493 e. The van der Waals surface area contributed by atoms with E-state index in [2.05, 4.69) is 53.8 Å². The Bertz CT molecular complexity index is 597. The van der Waals surface area contributed by atoms with E-state index in [1.54, 1.807) is 0 Å². The highest BCUT2D eigenvalue weighted by molar-refractivity contribution is 5.56. The number of ether oxygens (including phenoxy) is 1. The van der Waals surface area contributed by atoms with Gasteiger partial charge in [-0.2, -0.15) is 0 Å². The molecule has 0 amide bonds. The number of rotatable bonds is 2. The normalized spacial score (nSPS) is 23.4. The number of benzene rings is 2. The topological polar surface area (TPSA) is 21.3 Å². The molecule has 0 saturated heterocycles. The molecule has 2 atom stereocenters. The van der Waals surface area contributed by atoms with Crippen molar-refractivity contribution < 1.29 is 4.74 Å². The second kappa shape index (κ2) is 4.86. The third-order valence-corrected chi connectivity index (χ3v) is 4.50. The highest BCUT2D eigenvalue weighted by Gasteiger charge is 2.27. The maximum absolute atomic E-state index is 5.76. The lowest BCUT2D eigenvalue weighted by atomic mass is 9.87. The van der Waals surface area contributed by atoms with Crippen molar-refractivity contribution in [2.24, 2.45) is 0 Å². The Morgan fingerprint density at radius 3 is 2.85 bits per heavy atom. The van der Waals surface area contributed by atoms with Crippen molar-refractivity contribution in [3.05, 3.63) is 59.7 Å². The van der Waals surface area contributed by atoms with Gasteiger partial charge in [-0.05, 0) is 48.4 Å². The van der Waals surface area contributed by atoms with Crippen LogP contribution in [0.5, 0.6) is 5.75 Å². The summed E-state index contributed by atoms with van der Waals surface area (Å²) in [7, 11) is 0. The van der Waals surface area contributed by atoms with E-state index in [0.29, 0.717) is 12.0 Å². The van der Waals surface area contributed by atoms with Crippen LogP contribution in [0.25, 0.3) is 0 Å². The summed E-state index contributed by atoms with van der Waals surface area (Å²) in [6.45, 7) is 0.849. The van der Waals surface area contributed by atoms with Crippen LogP contribution in [0.3, 0.4) is 0 Å². The molecule has 2 unspecified atom stereocenters. The van der Waals surface area contributed by atoms with E-state index < -0.39 is 0 Å². The fourth-order valence-electron chi connectivity index (χ4n) is 3.52. The fraction of sp³-hybridized carbons (Fsp3) is 0.333. The third kappa shape index (κ3) is 2.05. The number of anilines is 1. The second-order valence-corrected chi connectivity index (χ2v) is 5.81. The van der Waals surface area contributed by atoms with E-state index in [1.807, 2.05) is 0 Å². The van der Waals surface area contributed by atoms with Crippen LogP contribution in [0.2, 0.25) is 0 Å². The number of hydrogen-bond donors (Lipinski definition) is 1. The highest BCUT2D eigenvalue weighted by atomic mass is 16.5. The molecule has 0 bridgehead atoms. The van der Waals surface area contributed by atoms with E-state index in [0.717, 1.165) is 25.2 Å². The van der Waals surface area contributed by atoms with Crippen LogP contribution in [0.1, 0.15) is 29.9 Å². The Kier molecular flexibility index (Phi) is 2.87. The quantitative estimate of drug-likeness (QED) is 0.886. The SMILES string of the molecule is c1ccc2c(c1)CC(CC1CCOc3ccccc31)N2. The van der Waals surface area contributed by atoms with Crippen LogP contribution in [0.4, 0.5) is 5.69 Å². The lowest BCUT2D eigenvalue weighted by Crippen LogP contribution is -2.23. The minimum Gasteiger partial charge on any atom is -0.493 e. The lowest BCUT2D eigenvalue weighted by Gasteiger charge is -2.28. The Hall–Kier alpha value is -1.96. The molecule has 0 spiro atoms. The molecule has 0 saturated carbocycles. The van der Waals surface area contributed by atoms with Crippen molar-refractivity contribution >= 4 is 5.69 Å². The minimum atomic E-state index is 0.559. The first-order chi connectivity index (χ1) is 9.90. The Morgan fingerprint density at radius 1 is 1.05 bits per heavy atom. The van der Waals surface area contributed by atoms with Gasteiger partial charge in [0.25, 0.3) is 0 Å². The van der Waals surface area contributed by atoms with Gasteiger partial charge in [0.2, 0.25) is 0 Å². The Morgan fingerprint density at radius 2 is 1.90 bits per heavy atom. The van der Waals surface area contributed by atoms with Gasteiger partial charge < -0.3 is 10.1 Å². The zero-order valence-corrected chi connectivity index (χ0v) is 11.5. The molecular formula is C18H19NO. The van der Waals surface area contributed by atoms with E-state index in [4.69, 9.17) is 4.74 Å². The van der Waals surface area contributed by atoms with Crippen molar-refractivity contribution in [3.8, 4) is 5.75 Å². The molecule has 1 N–H and O–H groups in total. The number of fused-ring (bicyclic) bond motifs is 2. The van der Waals surface area contributed by atoms with Gasteiger partial charge in [0.05, 0.1) is 6.61 Å². The van der Waals surface area contributed by atoms with E-state index in [1.165, 1.54) is 23.2 Å². The summed E-state index contributed by atoms with van der Waals surface area (Å²) < 4.78 is 5.76. The number of nitrogens with one attached hydrogen (secondary N) is 1. The third-order valence-electron chi connectivity index (χ3n) is 4.50. The molecule has 2 aromatic carbocycles. The zero-order valence-electron chi connectivity index (χ0n) is 11.5. The van der Waals surface area contributed by atoms with Crippen LogP contribution >= 0.6 is 0 Å². The van der Waals surface area contributed by atoms with Crippen molar-refractivity contribution in [2.45, 2.75) is 31.2 Å². The summed E-state index contributed by atoms with van der Waals surface area (Å²) in [5.41, 5.74) is 4.16. The molecule has 0 radical (unpaired) electrons. The van der Waals surface area contributed by atoms with E-state index in [-0.39, 0.29) is 0 Å². The molecule has 0 aromatic heterocycles. The van der Waals surface area contributed by atoms with E-state index >= 15 is 0 Å². The zero-order chi connectivity index (χ0) is 13.4. The minimum absolute atomic E-state index is 0.559. The Balaban J connectivity index is 1.52. The van der Waals surface area contributed by atoms with Gasteiger partial charge >= 0.3 is 0 Å². The van der Waals surface area contributed by atoms with Crippen molar-refractivity contribution in [3.63, 3.8) is 0 Å². The predicted molar refractivity (Wildman–Crippen MR) is 81.5 cm³/mol. The van der Waals surface area contributed by atoms with Gasteiger partial charge in [0.1, 0.15) is 5.75 Å². The standard InChI is InChI=1S/C18H19NO/c1-3-7-17-14(5-1)12-15(19-17)11-13-9-10-20-18-8-4-2-6-16(13)18/h1-8,13,15,19H,9-12H2. The van der Waals surface area contributed by atoms with Gasteiger partial charge in [-0.3, -0.25) is 0 Å². The molecule has 102 valence electrons. The molecule has 2 aliphatic rings. The van der Waals surface area contributed by atoms with Crippen molar-refractivity contribution in [2.75, 3.05) is 11.9 Å². The number of para-hydroxylation sites is 2. The lowest BCUT2D eigenvalue weighted by molar-refractivity contribution is 0.260. The molecule has 2 aliphatic heterocycles. The monoisotopic (exact) mass is 265 g/mol. The second-order valence-electron chi connectivity index (χ2n) is 5.81. The van der Waals surface area contributed by atoms with Gasteiger partial charge in [-0.25, -0.2) is 0 Å². The van der Waals surface area contributed by atoms with Gasteiger partial charge in [-0.15, -0.1) is 0 Å². The summed E-state index contributed by atoms with van der Waals surface area (Å²) >= 11 is 0. The summed E-state index contributed by atoms with van der Waals surface area (Å²) in [4.78, 5) is 0. The Labute approximate surface area is 119 Å². The maximum atomic E-state index is 5.76. The first kappa shape index (κ1) is 11.8. The molecular weight excluding hydrogens is 246 g/mol. The molecule has 2 heterocycles. The van der Waals surface area contributed by atoms with Crippen LogP contribution in [-0.2, 0) is 6.42 Å². The molecule has 2 aromatic rings. The summed E-state index contributed by atoms with van der Waals surface area (Å²) in [5.74, 6) is 1.70. The van der Waals surface area contributed by atoms with Crippen LogP contribution in [0, 0.1) is 0 Å². The smallest absolute Gasteiger partial charge is 0.122 e. The maximum Gasteiger partial charge on any atom is 0.122 e. The predicted octanol–water partition coefficient (Wildman–Crippen LogP) is 3.98. The summed E-state index contributed by atoms with van der Waals surface area (Å²) in [5, 5.41) is 3.67. The summed E-state index contributed by atoms with van der Waals surface area (Å²) in [6, 6.07) is 17.7. The van der Waals surface area contributed by atoms with Gasteiger partial charge in [0.15, 0.2) is 0 Å². The fourth-order valence-corrected chi connectivity index (χ4v) is 3.52. The first-order valence-corrected chi connectivity index (χ1v) is 7.46. The van der Waals surface area contributed by atoms with Crippen LogP contribution < -0.4 is 10.1 Å². The number of hydrogen-bond acceptors (Lipinski definition) is 2. The molecule has 20 heavy (non-hydrogen) atoms. The van der Waals surface area contributed by atoms with Gasteiger partial charge in [0, 0.05) is 11.7 Å². The molecule has 4 rings (SSSR count). The average molecular weight is 265 g/mol. The molecule has 2 nitrogen and oxygen atoms in total. The average Bonchev–Trinajstić information content (AvgIpc) is 2.90. The van der Waals surface area contributed by atoms with Crippen LogP contribution in [0.15, 0.2) is 48.5 Å².